The second-order valence-electron chi connectivity index (χ2n) is 7.26. The minimum Gasteiger partial charge on any atom is -0.440 e. The molecule has 0 amide bonds. The van der Waals surface area contributed by atoms with Gasteiger partial charge in [-0.1, -0.05) is 6.07 Å². The summed E-state index contributed by atoms with van der Waals surface area (Å²) in [6.07, 6.45) is -0.941. The third-order valence-electron chi connectivity index (χ3n) is 5.26. The number of nitrogens with zero attached hydrogens (tertiary/aromatic N) is 5. The van der Waals surface area contributed by atoms with E-state index in [9.17, 15) is 10.2 Å². The summed E-state index contributed by atoms with van der Waals surface area (Å²) < 4.78 is 13.2. The predicted octanol–water partition coefficient (Wildman–Crippen LogP) is 0.842. The van der Waals surface area contributed by atoms with Crippen LogP contribution in [-0.2, 0) is 11.3 Å². The molecule has 5 N–H and O–H groups in total. The number of hydrogen-bond donors (Lipinski definition) is 4. The molecule has 5 heterocycles. The van der Waals surface area contributed by atoms with Crippen LogP contribution in [0, 0.1) is 6.92 Å². The molecule has 1 aliphatic heterocycles. The smallest absolute Gasteiger partial charge is 0.236 e. The van der Waals surface area contributed by atoms with E-state index in [0.717, 1.165) is 16.3 Å². The second-order valence-corrected chi connectivity index (χ2v) is 8.21. The van der Waals surface area contributed by atoms with E-state index in [2.05, 4.69) is 25.3 Å². The van der Waals surface area contributed by atoms with Gasteiger partial charge in [-0.25, -0.2) is 19.9 Å². The third-order valence-corrected chi connectivity index (χ3v) is 6.12. The van der Waals surface area contributed by atoms with Crippen molar-refractivity contribution in [3.63, 3.8) is 0 Å². The van der Waals surface area contributed by atoms with E-state index in [4.69, 9.17) is 14.9 Å². The number of aliphatic hydroxyl groups is 2. The Bertz CT molecular complexity index is 1190. The van der Waals surface area contributed by atoms with Crippen LogP contribution in [0.15, 0.2) is 34.6 Å². The van der Waals surface area contributed by atoms with Crippen LogP contribution in [-0.4, -0.2) is 59.6 Å². The standard InChI is InChI=1S/C19H21N7O4S/c1-9-10(25-18(29-9)12-3-2-4-31-12)5-21-6-11-14(27)15(28)19(30-11)26-8-24-13-16(20)22-7-23-17(13)26/h2-4,7-8,11,14-15,19,21,27-28H,5-6H2,1H3,(H2,20,22,23)/t11-,14-,15-,19-/m1/s1. The van der Waals surface area contributed by atoms with Gasteiger partial charge in [-0.3, -0.25) is 4.57 Å². The number of ether oxygens (including phenoxy) is 1. The summed E-state index contributed by atoms with van der Waals surface area (Å²) in [7, 11) is 0. The van der Waals surface area contributed by atoms with Crippen LogP contribution in [0.3, 0.4) is 0 Å². The topological polar surface area (TPSA) is 157 Å². The summed E-state index contributed by atoms with van der Waals surface area (Å²) in [6, 6.07) is 3.90. The fourth-order valence-electron chi connectivity index (χ4n) is 3.61. The second kappa shape index (κ2) is 7.98. The first-order chi connectivity index (χ1) is 15.0. The van der Waals surface area contributed by atoms with E-state index in [0.29, 0.717) is 30.1 Å². The van der Waals surface area contributed by atoms with Crippen LogP contribution in [0.4, 0.5) is 5.82 Å². The Morgan fingerprint density at radius 3 is 2.94 bits per heavy atom. The lowest BCUT2D eigenvalue weighted by molar-refractivity contribution is -0.0342. The Morgan fingerprint density at radius 2 is 2.13 bits per heavy atom. The van der Waals surface area contributed by atoms with Gasteiger partial charge in [-0.2, -0.15) is 0 Å². The predicted molar refractivity (Wildman–Crippen MR) is 112 cm³/mol. The zero-order valence-corrected chi connectivity index (χ0v) is 17.4. The molecule has 1 fully saturated rings. The lowest BCUT2D eigenvalue weighted by Crippen LogP contribution is -2.37. The number of nitrogen functional groups attached to an aromatic ring is 1. The number of thiophene rings is 1. The van der Waals surface area contributed by atoms with Crippen LogP contribution in [0.25, 0.3) is 21.9 Å². The highest BCUT2D eigenvalue weighted by Crippen LogP contribution is 2.32. The van der Waals surface area contributed by atoms with Gasteiger partial charge in [0.25, 0.3) is 0 Å². The van der Waals surface area contributed by atoms with E-state index in [1.165, 1.54) is 12.7 Å². The summed E-state index contributed by atoms with van der Waals surface area (Å²) in [6.45, 7) is 2.60. The summed E-state index contributed by atoms with van der Waals surface area (Å²) in [5, 5.41) is 26.2. The Kier molecular flexibility index (Phi) is 5.16. The van der Waals surface area contributed by atoms with Gasteiger partial charge < -0.3 is 30.4 Å². The fraction of sp³-hybridized carbons (Fsp3) is 0.368. The maximum atomic E-state index is 10.5. The Hall–Kier alpha value is -2.90. The number of rotatable bonds is 6. The van der Waals surface area contributed by atoms with E-state index < -0.39 is 24.5 Å². The van der Waals surface area contributed by atoms with Crippen LogP contribution < -0.4 is 11.1 Å². The van der Waals surface area contributed by atoms with Gasteiger partial charge in [-0.15, -0.1) is 11.3 Å². The van der Waals surface area contributed by atoms with Gasteiger partial charge in [0.2, 0.25) is 5.89 Å². The number of imidazole rings is 1. The highest BCUT2D eigenvalue weighted by atomic mass is 32.1. The number of anilines is 1. The number of nitrogens with one attached hydrogen (secondary N) is 1. The monoisotopic (exact) mass is 443 g/mol. The van der Waals surface area contributed by atoms with Crippen LogP contribution in [0.1, 0.15) is 17.7 Å². The number of aryl methyl sites for hydroxylation is 1. The highest BCUT2D eigenvalue weighted by Gasteiger charge is 2.44. The van der Waals surface area contributed by atoms with E-state index >= 15 is 0 Å². The Labute approximate surface area is 180 Å². The molecule has 31 heavy (non-hydrogen) atoms. The zero-order valence-electron chi connectivity index (χ0n) is 16.5. The molecule has 1 aliphatic rings. The first kappa shape index (κ1) is 20.0. The lowest BCUT2D eigenvalue weighted by Gasteiger charge is -2.16. The molecule has 0 bridgehead atoms. The number of fused-ring (bicyclic) bond motifs is 1. The van der Waals surface area contributed by atoms with Crippen molar-refractivity contribution in [3.05, 3.63) is 41.6 Å². The molecule has 4 aromatic rings. The molecule has 0 aromatic carbocycles. The number of oxazole rings is 1. The van der Waals surface area contributed by atoms with Crippen molar-refractivity contribution in [2.45, 2.75) is 38.0 Å². The lowest BCUT2D eigenvalue weighted by atomic mass is 10.1. The molecule has 4 atom stereocenters. The van der Waals surface area contributed by atoms with Gasteiger partial charge in [0, 0.05) is 13.1 Å². The van der Waals surface area contributed by atoms with Crippen molar-refractivity contribution in [2.75, 3.05) is 12.3 Å². The van der Waals surface area contributed by atoms with Gasteiger partial charge in [0.15, 0.2) is 17.7 Å². The first-order valence-corrected chi connectivity index (χ1v) is 10.6. The molecule has 162 valence electrons. The summed E-state index contributed by atoms with van der Waals surface area (Å²) in [4.78, 5) is 17.8. The number of hydrogen-bond acceptors (Lipinski definition) is 11. The molecule has 0 radical (unpaired) electrons. The summed E-state index contributed by atoms with van der Waals surface area (Å²) in [5.74, 6) is 1.55. The molecular formula is C19H21N7O4S. The minimum atomic E-state index is -1.15. The van der Waals surface area contributed by atoms with Crippen molar-refractivity contribution in [3.8, 4) is 10.8 Å². The van der Waals surface area contributed by atoms with Crippen molar-refractivity contribution >= 4 is 28.3 Å². The van der Waals surface area contributed by atoms with E-state index in [-0.39, 0.29) is 5.82 Å². The largest absolute Gasteiger partial charge is 0.440 e. The SMILES string of the molecule is Cc1oc(-c2cccs2)nc1CNC[C@H]1O[C@@H](n2cnc3c(N)ncnc32)[C@H](O)[C@@H]1O. The Balaban J connectivity index is 1.25. The van der Waals surface area contributed by atoms with Crippen molar-refractivity contribution < 1.29 is 19.4 Å². The molecule has 0 aliphatic carbocycles. The van der Waals surface area contributed by atoms with Crippen molar-refractivity contribution in [1.29, 1.82) is 0 Å². The van der Waals surface area contributed by atoms with Gasteiger partial charge in [-0.05, 0) is 18.4 Å². The molecule has 11 nitrogen and oxygen atoms in total. The Morgan fingerprint density at radius 1 is 1.26 bits per heavy atom. The third kappa shape index (κ3) is 3.58. The maximum Gasteiger partial charge on any atom is 0.236 e. The molecule has 12 heteroatoms. The average Bonchev–Trinajstić information content (AvgIpc) is 3.53. The van der Waals surface area contributed by atoms with Gasteiger partial charge in [0.05, 0.1) is 16.9 Å². The zero-order chi connectivity index (χ0) is 21.5. The van der Waals surface area contributed by atoms with Crippen LogP contribution in [0.2, 0.25) is 0 Å². The quantitative estimate of drug-likeness (QED) is 0.336. The summed E-state index contributed by atoms with van der Waals surface area (Å²) >= 11 is 1.56. The number of aromatic nitrogens is 5. The van der Waals surface area contributed by atoms with E-state index in [1.54, 1.807) is 15.9 Å². The van der Waals surface area contributed by atoms with E-state index in [1.807, 2.05) is 24.4 Å². The first-order valence-electron chi connectivity index (χ1n) is 9.68. The van der Waals surface area contributed by atoms with Crippen molar-refractivity contribution in [2.24, 2.45) is 0 Å². The number of nitrogens with two attached hydrogens (primary N) is 1. The van der Waals surface area contributed by atoms with Gasteiger partial charge in [0.1, 0.15) is 35.9 Å². The molecular weight excluding hydrogens is 422 g/mol. The fourth-order valence-corrected chi connectivity index (χ4v) is 4.26. The maximum absolute atomic E-state index is 10.5. The minimum absolute atomic E-state index is 0.236. The van der Waals surface area contributed by atoms with Crippen molar-refractivity contribution in [1.82, 2.24) is 29.8 Å². The summed E-state index contributed by atoms with van der Waals surface area (Å²) in [5.41, 5.74) is 7.44. The highest BCUT2D eigenvalue weighted by molar-refractivity contribution is 7.13. The molecule has 1 saturated heterocycles. The molecule has 4 aromatic heterocycles. The average molecular weight is 443 g/mol. The van der Waals surface area contributed by atoms with Gasteiger partial charge >= 0.3 is 0 Å². The molecule has 0 saturated carbocycles. The molecule has 0 unspecified atom stereocenters. The molecule has 5 rings (SSSR count). The van der Waals surface area contributed by atoms with Crippen LogP contribution in [0.5, 0.6) is 0 Å². The normalized spacial score (nSPS) is 23.7. The number of aliphatic hydroxyl groups excluding tert-OH is 2. The molecule has 0 spiro atoms. The van der Waals surface area contributed by atoms with Crippen LogP contribution >= 0.6 is 11.3 Å².